The Morgan fingerprint density at radius 1 is 1.37 bits per heavy atom. The van der Waals surface area contributed by atoms with Crippen molar-refractivity contribution in [2.45, 2.75) is 6.04 Å². The Bertz CT molecular complexity index is 412. The second-order valence-electron chi connectivity index (χ2n) is 3.86. The largest absolute Gasteiger partial charge is 0.391 e. The van der Waals surface area contributed by atoms with E-state index in [1.165, 1.54) is 0 Å². The van der Waals surface area contributed by atoms with Gasteiger partial charge < -0.3 is 20.5 Å². The monoisotopic (exact) mass is 282 g/mol. The number of hydrogen-bond donors (Lipinski definition) is 2. The van der Waals surface area contributed by atoms with Gasteiger partial charge in [-0.2, -0.15) is 0 Å². The summed E-state index contributed by atoms with van der Waals surface area (Å²) in [6.07, 6.45) is 0. The van der Waals surface area contributed by atoms with E-state index < -0.39 is 6.04 Å². The molecule has 104 valence electrons. The molecule has 0 aliphatic heterocycles. The molecule has 0 heterocycles. The average Bonchev–Trinajstić information content (AvgIpc) is 2.41. The van der Waals surface area contributed by atoms with E-state index in [9.17, 15) is 4.79 Å². The molecule has 19 heavy (non-hydrogen) atoms. The normalized spacial score (nSPS) is 11.8. The summed E-state index contributed by atoms with van der Waals surface area (Å²) < 4.78 is 9.95. The van der Waals surface area contributed by atoms with Crippen LogP contribution in [0.1, 0.15) is 11.6 Å². The molecule has 5 nitrogen and oxygen atoms in total. The lowest BCUT2D eigenvalue weighted by atomic mass is 10.1. The number of benzene rings is 1. The topological polar surface area (TPSA) is 73.6 Å². The molecule has 1 unspecified atom stereocenters. The minimum absolute atomic E-state index is 0.0463. The third kappa shape index (κ3) is 5.78. The minimum Gasteiger partial charge on any atom is -0.391 e. The van der Waals surface area contributed by atoms with Gasteiger partial charge in [0.25, 0.3) is 0 Å². The number of ether oxygens (including phenoxy) is 2. The molecule has 1 aromatic carbocycles. The van der Waals surface area contributed by atoms with Crippen LogP contribution in [0, 0.1) is 0 Å². The SMILES string of the molecule is COCCOCC(=O)NC(C(N)=S)c1ccccc1. The summed E-state index contributed by atoms with van der Waals surface area (Å²) in [6.45, 7) is 0.771. The fourth-order valence-corrected chi connectivity index (χ4v) is 1.67. The Morgan fingerprint density at radius 3 is 2.63 bits per heavy atom. The van der Waals surface area contributed by atoms with Gasteiger partial charge in [0.05, 0.1) is 13.2 Å². The van der Waals surface area contributed by atoms with Crippen LogP contribution in [-0.2, 0) is 14.3 Å². The highest BCUT2D eigenvalue weighted by Gasteiger charge is 2.16. The quantitative estimate of drug-likeness (QED) is 0.545. The second-order valence-corrected chi connectivity index (χ2v) is 4.33. The average molecular weight is 282 g/mol. The van der Waals surface area contributed by atoms with Crippen LogP contribution in [0.25, 0.3) is 0 Å². The highest BCUT2D eigenvalue weighted by atomic mass is 32.1. The minimum atomic E-state index is -0.477. The van der Waals surface area contributed by atoms with E-state index in [0.29, 0.717) is 13.2 Å². The molecule has 1 amide bonds. The van der Waals surface area contributed by atoms with Crippen molar-refractivity contribution in [3.05, 3.63) is 35.9 Å². The van der Waals surface area contributed by atoms with Crippen LogP contribution in [0.5, 0.6) is 0 Å². The van der Waals surface area contributed by atoms with Gasteiger partial charge in [-0.25, -0.2) is 0 Å². The molecule has 0 radical (unpaired) electrons. The number of nitrogens with one attached hydrogen (secondary N) is 1. The molecule has 6 heteroatoms. The Balaban J connectivity index is 2.51. The van der Waals surface area contributed by atoms with Crippen molar-refractivity contribution < 1.29 is 14.3 Å². The molecular weight excluding hydrogens is 264 g/mol. The maximum absolute atomic E-state index is 11.7. The van der Waals surface area contributed by atoms with Gasteiger partial charge in [-0.1, -0.05) is 42.5 Å². The fraction of sp³-hybridized carbons (Fsp3) is 0.385. The van der Waals surface area contributed by atoms with Crippen molar-refractivity contribution in [3.8, 4) is 0 Å². The predicted octanol–water partition coefficient (Wildman–Crippen LogP) is 0.793. The van der Waals surface area contributed by atoms with Gasteiger partial charge in [-0.05, 0) is 5.56 Å². The predicted molar refractivity (Wildman–Crippen MR) is 76.8 cm³/mol. The lowest BCUT2D eigenvalue weighted by Gasteiger charge is -2.17. The van der Waals surface area contributed by atoms with Gasteiger partial charge in [0.2, 0.25) is 5.91 Å². The summed E-state index contributed by atoms with van der Waals surface area (Å²) in [7, 11) is 1.57. The van der Waals surface area contributed by atoms with Crippen molar-refractivity contribution in [1.29, 1.82) is 0 Å². The lowest BCUT2D eigenvalue weighted by molar-refractivity contribution is -0.126. The third-order valence-electron chi connectivity index (χ3n) is 2.39. The molecule has 0 fully saturated rings. The first-order chi connectivity index (χ1) is 9.15. The molecule has 1 atom stereocenters. The number of rotatable bonds is 8. The molecule has 0 aliphatic carbocycles. The zero-order valence-electron chi connectivity index (χ0n) is 10.8. The number of thiocarbonyl (C=S) groups is 1. The first-order valence-electron chi connectivity index (χ1n) is 5.85. The molecule has 3 N–H and O–H groups in total. The maximum atomic E-state index is 11.7. The summed E-state index contributed by atoms with van der Waals surface area (Å²) in [5, 5.41) is 2.74. The standard InChI is InChI=1S/C13H18N2O3S/c1-17-7-8-18-9-11(16)15-12(13(14)19)10-5-3-2-4-6-10/h2-6,12H,7-9H2,1H3,(H2,14,19)(H,15,16). The molecule has 0 aliphatic rings. The van der Waals surface area contributed by atoms with Gasteiger partial charge in [-0.15, -0.1) is 0 Å². The molecule has 1 aromatic rings. The van der Waals surface area contributed by atoms with Crippen molar-refractivity contribution in [3.63, 3.8) is 0 Å². The molecule has 0 saturated carbocycles. The maximum Gasteiger partial charge on any atom is 0.246 e. The number of nitrogens with two attached hydrogens (primary N) is 1. The van der Waals surface area contributed by atoms with Crippen LogP contribution < -0.4 is 11.1 Å². The van der Waals surface area contributed by atoms with Gasteiger partial charge in [0, 0.05) is 7.11 Å². The summed E-state index contributed by atoms with van der Waals surface area (Å²) in [5.41, 5.74) is 6.50. The molecule has 0 spiro atoms. The Labute approximate surface area is 118 Å². The van der Waals surface area contributed by atoms with E-state index in [-0.39, 0.29) is 17.5 Å². The highest BCUT2D eigenvalue weighted by molar-refractivity contribution is 7.80. The third-order valence-corrected chi connectivity index (χ3v) is 2.62. The number of carbonyl (C=O) groups is 1. The molecular formula is C13H18N2O3S. The number of amides is 1. The highest BCUT2D eigenvalue weighted by Crippen LogP contribution is 2.12. The van der Waals surface area contributed by atoms with Gasteiger partial charge in [-0.3, -0.25) is 4.79 Å². The van der Waals surface area contributed by atoms with Gasteiger partial charge >= 0.3 is 0 Å². The van der Waals surface area contributed by atoms with E-state index in [2.05, 4.69) is 5.32 Å². The van der Waals surface area contributed by atoms with Gasteiger partial charge in [0.1, 0.15) is 17.6 Å². The zero-order chi connectivity index (χ0) is 14.1. The first kappa shape index (κ1) is 15.6. The van der Waals surface area contributed by atoms with Gasteiger partial charge in [0.15, 0.2) is 0 Å². The first-order valence-corrected chi connectivity index (χ1v) is 6.26. The Morgan fingerprint density at radius 2 is 2.05 bits per heavy atom. The molecule has 1 rings (SSSR count). The summed E-state index contributed by atoms with van der Waals surface area (Å²) in [6, 6.07) is 8.85. The van der Waals surface area contributed by atoms with Crippen LogP contribution in [0.15, 0.2) is 30.3 Å². The van der Waals surface area contributed by atoms with Crippen LogP contribution in [0.3, 0.4) is 0 Å². The van der Waals surface area contributed by atoms with E-state index in [0.717, 1.165) is 5.56 Å². The van der Waals surface area contributed by atoms with E-state index in [4.69, 9.17) is 27.4 Å². The van der Waals surface area contributed by atoms with Crippen LogP contribution in [-0.4, -0.2) is 37.8 Å². The Hall–Kier alpha value is -1.50. The van der Waals surface area contributed by atoms with E-state index in [1.54, 1.807) is 7.11 Å². The van der Waals surface area contributed by atoms with E-state index in [1.807, 2.05) is 30.3 Å². The van der Waals surface area contributed by atoms with E-state index >= 15 is 0 Å². The summed E-state index contributed by atoms with van der Waals surface area (Å²) in [5.74, 6) is -0.266. The smallest absolute Gasteiger partial charge is 0.246 e. The van der Waals surface area contributed by atoms with Crippen LogP contribution in [0.2, 0.25) is 0 Å². The van der Waals surface area contributed by atoms with Crippen molar-refractivity contribution >= 4 is 23.1 Å². The van der Waals surface area contributed by atoms with Crippen molar-refractivity contribution in [2.24, 2.45) is 5.73 Å². The summed E-state index contributed by atoms with van der Waals surface area (Å²) >= 11 is 4.97. The van der Waals surface area contributed by atoms with Crippen LogP contribution in [0.4, 0.5) is 0 Å². The lowest BCUT2D eigenvalue weighted by Crippen LogP contribution is -2.38. The molecule has 0 aromatic heterocycles. The number of hydrogen-bond acceptors (Lipinski definition) is 4. The second kappa shape index (κ2) is 8.58. The number of carbonyl (C=O) groups excluding carboxylic acids is 1. The van der Waals surface area contributed by atoms with Crippen molar-refractivity contribution in [1.82, 2.24) is 5.32 Å². The Kier molecular flexibility index (Phi) is 7.02. The molecule has 0 bridgehead atoms. The van der Waals surface area contributed by atoms with Crippen LogP contribution >= 0.6 is 12.2 Å². The summed E-state index contributed by atoms with van der Waals surface area (Å²) in [4.78, 5) is 11.9. The number of methoxy groups -OCH3 is 1. The fourth-order valence-electron chi connectivity index (χ4n) is 1.47. The molecule has 0 saturated heterocycles. The zero-order valence-corrected chi connectivity index (χ0v) is 11.6. The van der Waals surface area contributed by atoms with Crippen molar-refractivity contribution in [2.75, 3.05) is 26.9 Å².